The van der Waals surface area contributed by atoms with Crippen molar-refractivity contribution in [1.29, 1.82) is 0 Å². The predicted octanol–water partition coefficient (Wildman–Crippen LogP) is 2.01. The molecule has 2 aromatic rings. The van der Waals surface area contributed by atoms with Crippen LogP contribution < -0.4 is 25.6 Å². The Morgan fingerprint density at radius 1 is 1.15 bits per heavy atom. The molecule has 34 heavy (non-hydrogen) atoms. The maximum Gasteiger partial charge on any atom is 0.416 e. The van der Waals surface area contributed by atoms with E-state index in [4.69, 9.17) is 4.74 Å². The van der Waals surface area contributed by atoms with Crippen molar-refractivity contribution in [3.8, 4) is 6.01 Å². The maximum absolute atomic E-state index is 13.4. The molecule has 3 N–H and O–H groups in total. The molecule has 1 aromatic heterocycles. The lowest BCUT2D eigenvalue weighted by molar-refractivity contribution is -0.137. The molecule has 3 fully saturated rings. The summed E-state index contributed by atoms with van der Waals surface area (Å²) >= 11 is 0. The Labute approximate surface area is 193 Å². The van der Waals surface area contributed by atoms with Crippen molar-refractivity contribution >= 4 is 17.6 Å². The van der Waals surface area contributed by atoms with Crippen LogP contribution in [0.4, 0.5) is 23.7 Å². The molecule has 0 aliphatic carbocycles. The average molecular weight is 476 g/mol. The first-order valence-electron chi connectivity index (χ1n) is 10.9. The van der Waals surface area contributed by atoms with Gasteiger partial charge in [-0.05, 0) is 31.0 Å². The number of fused-ring (bicyclic) bond motifs is 3. The first kappa shape index (κ1) is 22.5. The molecule has 9 nitrogen and oxygen atoms in total. The topological polar surface area (TPSA) is 108 Å². The fourth-order valence-corrected chi connectivity index (χ4v) is 5.15. The van der Waals surface area contributed by atoms with Crippen LogP contribution in [0.5, 0.6) is 6.01 Å². The number of hydrogen-bond donors (Lipinski definition) is 3. The number of nitrogens with one attached hydrogen (secondary N) is 3. The number of halogens is 3. The lowest BCUT2D eigenvalue weighted by Crippen LogP contribution is -2.75. The van der Waals surface area contributed by atoms with Gasteiger partial charge in [-0.1, -0.05) is 6.07 Å². The van der Waals surface area contributed by atoms with Gasteiger partial charge in [-0.25, -0.2) is 14.8 Å². The fourth-order valence-electron chi connectivity index (χ4n) is 5.15. The molecule has 12 heteroatoms. The number of benzene rings is 1. The second-order valence-corrected chi connectivity index (χ2v) is 8.65. The number of nitrogens with zero attached hydrogens (tertiary/aromatic N) is 3. The summed E-state index contributed by atoms with van der Waals surface area (Å²) in [5.74, 6) is -1.08. The van der Waals surface area contributed by atoms with Gasteiger partial charge in [-0.3, -0.25) is 15.0 Å². The highest BCUT2D eigenvalue weighted by atomic mass is 19.4. The molecule has 0 saturated carbocycles. The van der Waals surface area contributed by atoms with Gasteiger partial charge in [0.25, 0.3) is 0 Å². The summed E-state index contributed by atoms with van der Waals surface area (Å²) in [6, 6.07) is 2.85. The maximum atomic E-state index is 13.4. The number of ether oxygens (including phenoxy) is 1. The van der Waals surface area contributed by atoms with Gasteiger partial charge in [0.2, 0.25) is 5.91 Å². The first-order chi connectivity index (χ1) is 16.3. The first-order valence-corrected chi connectivity index (χ1v) is 10.9. The minimum absolute atomic E-state index is 0.0661. The zero-order valence-corrected chi connectivity index (χ0v) is 18.2. The van der Waals surface area contributed by atoms with Crippen molar-refractivity contribution in [2.45, 2.75) is 43.2 Å². The summed E-state index contributed by atoms with van der Waals surface area (Å²) in [5, 5.41) is 9.19. The lowest BCUT2D eigenvalue weighted by Gasteiger charge is -2.53. The third kappa shape index (κ3) is 3.96. The molecule has 0 spiro atoms. The third-order valence-electron chi connectivity index (χ3n) is 6.74. The number of methoxy groups -OCH3 is 1. The van der Waals surface area contributed by atoms with Gasteiger partial charge in [-0.2, -0.15) is 13.2 Å². The van der Waals surface area contributed by atoms with E-state index in [-0.39, 0.29) is 29.8 Å². The minimum atomic E-state index is -4.56. The SMILES string of the molecule is COc1ncc(C2CCC3NCC4C(=O)NC(=O)N(c5cccc(C(F)(F)F)c5)C4C3N2)cn1. The smallest absolute Gasteiger partial charge is 0.416 e. The van der Waals surface area contributed by atoms with Gasteiger partial charge in [-0.15, -0.1) is 0 Å². The molecule has 3 saturated heterocycles. The Balaban J connectivity index is 1.50. The van der Waals surface area contributed by atoms with Crippen LogP contribution in [0.3, 0.4) is 0 Å². The van der Waals surface area contributed by atoms with E-state index in [1.165, 1.54) is 24.1 Å². The van der Waals surface area contributed by atoms with E-state index in [1.807, 2.05) is 0 Å². The van der Waals surface area contributed by atoms with E-state index in [2.05, 4.69) is 25.9 Å². The van der Waals surface area contributed by atoms with E-state index in [9.17, 15) is 22.8 Å². The molecule has 3 aliphatic rings. The number of hydrogen-bond acceptors (Lipinski definition) is 7. The Morgan fingerprint density at radius 3 is 2.62 bits per heavy atom. The Kier molecular flexibility index (Phi) is 5.64. The molecule has 180 valence electrons. The second-order valence-electron chi connectivity index (χ2n) is 8.65. The lowest BCUT2D eigenvalue weighted by atomic mass is 9.76. The van der Waals surface area contributed by atoms with Crippen LogP contribution in [0.25, 0.3) is 0 Å². The van der Waals surface area contributed by atoms with Crippen LogP contribution in [0, 0.1) is 5.92 Å². The van der Waals surface area contributed by atoms with Gasteiger partial charge in [0, 0.05) is 48.3 Å². The Hall–Kier alpha value is -3.25. The van der Waals surface area contributed by atoms with E-state index in [0.29, 0.717) is 6.54 Å². The van der Waals surface area contributed by atoms with Crippen molar-refractivity contribution in [2.24, 2.45) is 5.92 Å². The van der Waals surface area contributed by atoms with E-state index in [1.54, 1.807) is 12.4 Å². The second kappa shape index (κ2) is 8.51. The van der Waals surface area contributed by atoms with Crippen LogP contribution in [0.15, 0.2) is 36.7 Å². The number of urea groups is 1. The summed E-state index contributed by atoms with van der Waals surface area (Å²) in [7, 11) is 1.47. The fraction of sp³-hybridized carbons (Fsp3) is 0.455. The van der Waals surface area contributed by atoms with E-state index >= 15 is 0 Å². The molecule has 5 unspecified atom stereocenters. The number of aromatic nitrogens is 2. The number of piperidine rings is 2. The highest BCUT2D eigenvalue weighted by Crippen LogP contribution is 2.38. The Morgan fingerprint density at radius 2 is 1.91 bits per heavy atom. The van der Waals surface area contributed by atoms with Gasteiger partial charge in [0.1, 0.15) is 0 Å². The number of rotatable bonds is 3. The molecule has 3 aliphatic heterocycles. The summed E-state index contributed by atoms with van der Waals surface area (Å²) in [5.41, 5.74) is 0.0485. The Bertz CT molecular complexity index is 1100. The zero-order chi connectivity index (χ0) is 24.0. The molecule has 0 radical (unpaired) electrons. The number of carbonyl (C=O) groups excluding carboxylic acids is 2. The van der Waals surface area contributed by atoms with Crippen molar-refractivity contribution < 1.29 is 27.5 Å². The van der Waals surface area contributed by atoms with Crippen LogP contribution in [-0.2, 0) is 11.0 Å². The number of anilines is 1. The molecule has 5 rings (SSSR count). The summed E-state index contributed by atoms with van der Waals surface area (Å²) in [4.78, 5) is 35.2. The van der Waals surface area contributed by atoms with Crippen molar-refractivity contribution in [1.82, 2.24) is 25.9 Å². The molecule has 0 bridgehead atoms. The normalized spacial score (nSPS) is 29.2. The molecule has 4 heterocycles. The highest BCUT2D eigenvalue weighted by molar-refractivity contribution is 6.07. The summed E-state index contributed by atoms with van der Waals surface area (Å²) < 4.78 is 45.1. The van der Waals surface area contributed by atoms with Gasteiger partial charge in [0.05, 0.1) is 24.6 Å². The predicted molar refractivity (Wildman–Crippen MR) is 114 cm³/mol. The largest absolute Gasteiger partial charge is 0.467 e. The molecule has 5 atom stereocenters. The van der Waals surface area contributed by atoms with Crippen molar-refractivity contribution in [2.75, 3.05) is 18.6 Å². The number of imide groups is 1. The van der Waals surface area contributed by atoms with Gasteiger partial charge < -0.3 is 15.4 Å². The molecular weight excluding hydrogens is 453 g/mol. The number of amides is 3. The van der Waals surface area contributed by atoms with Crippen LogP contribution in [-0.4, -0.2) is 53.7 Å². The molecule has 3 amide bonds. The highest BCUT2D eigenvalue weighted by Gasteiger charge is 2.52. The number of carbonyl (C=O) groups is 2. The third-order valence-corrected chi connectivity index (χ3v) is 6.74. The summed E-state index contributed by atoms with van der Waals surface area (Å²) in [6.07, 6.45) is 0.243. The molecule has 1 aromatic carbocycles. The van der Waals surface area contributed by atoms with Crippen LogP contribution >= 0.6 is 0 Å². The minimum Gasteiger partial charge on any atom is -0.467 e. The van der Waals surface area contributed by atoms with E-state index in [0.717, 1.165) is 30.5 Å². The molecular formula is C22H23F3N6O3. The standard InChI is InChI=1S/C22H23F3N6O3/c1-34-20-27-8-11(9-28-20)15-5-6-16-17(29-15)18-14(10-26-16)19(32)30-21(33)31(18)13-4-2-3-12(7-13)22(23,24)25/h2-4,7-9,14-18,26,29H,5-6,10H2,1H3,(H,30,32,33). The van der Waals surface area contributed by atoms with Crippen molar-refractivity contribution in [3.05, 3.63) is 47.8 Å². The van der Waals surface area contributed by atoms with Gasteiger partial charge in [0.15, 0.2) is 0 Å². The average Bonchev–Trinajstić information content (AvgIpc) is 2.83. The summed E-state index contributed by atoms with van der Waals surface area (Å²) in [6.45, 7) is 0.318. The van der Waals surface area contributed by atoms with Crippen LogP contribution in [0.1, 0.15) is 30.0 Å². The van der Waals surface area contributed by atoms with Crippen molar-refractivity contribution in [3.63, 3.8) is 0 Å². The van der Waals surface area contributed by atoms with E-state index < -0.39 is 35.6 Å². The van der Waals surface area contributed by atoms with Crippen LogP contribution in [0.2, 0.25) is 0 Å². The zero-order valence-electron chi connectivity index (χ0n) is 18.2. The number of alkyl halides is 3. The monoisotopic (exact) mass is 476 g/mol. The van der Waals surface area contributed by atoms with Gasteiger partial charge >= 0.3 is 18.2 Å². The quantitative estimate of drug-likeness (QED) is 0.622.